The van der Waals surface area contributed by atoms with Crippen LogP contribution in [0.2, 0.25) is 0 Å². The Bertz CT molecular complexity index is 1130. The molecule has 2 atom stereocenters. The number of ether oxygens (including phenoxy) is 2. The van der Waals surface area contributed by atoms with E-state index in [0.29, 0.717) is 24.4 Å². The van der Waals surface area contributed by atoms with Gasteiger partial charge in [-0.1, -0.05) is 0 Å². The van der Waals surface area contributed by atoms with Crippen molar-refractivity contribution in [3.05, 3.63) is 29.7 Å². The quantitative estimate of drug-likeness (QED) is 0.416. The number of halogens is 2. The van der Waals surface area contributed by atoms with Crippen LogP contribution in [-0.2, 0) is 16.0 Å². The van der Waals surface area contributed by atoms with Gasteiger partial charge in [-0.3, -0.25) is 0 Å². The lowest BCUT2D eigenvalue weighted by Crippen LogP contribution is -2.42. The van der Waals surface area contributed by atoms with Crippen LogP contribution in [0.3, 0.4) is 0 Å². The Hall–Kier alpha value is -3.02. The summed E-state index contributed by atoms with van der Waals surface area (Å²) in [7, 11) is 0. The van der Waals surface area contributed by atoms with Crippen molar-refractivity contribution >= 4 is 17.8 Å². The molecular weight excluding hydrogens is 510 g/mol. The summed E-state index contributed by atoms with van der Waals surface area (Å²) < 4.78 is 40.0. The number of carbonyl (C=O) groups is 2. The second-order valence-corrected chi connectivity index (χ2v) is 12.3. The summed E-state index contributed by atoms with van der Waals surface area (Å²) in [5.74, 6) is -2.89. The zero-order chi connectivity index (χ0) is 29.0. The smallest absolute Gasteiger partial charge is 0.408 e. The number of fused-ring (bicyclic) bond motifs is 1. The normalized spacial score (nSPS) is 17.9. The van der Waals surface area contributed by atoms with Crippen molar-refractivity contribution in [2.45, 2.75) is 110 Å². The molecule has 39 heavy (non-hydrogen) atoms. The first kappa shape index (κ1) is 30.5. The van der Waals surface area contributed by atoms with Gasteiger partial charge in [0.05, 0.1) is 24.1 Å². The first-order valence-electron chi connectivity index (χ1n) is 13.4. The minimum absolute atomic E-state index is 0.155. The van der Waals surface area contributed by atoms with Crippen molar-refractivity contribution in [3.63, 3.8) is 0 Å². The first-order valence-corrected chi connectivity index (χ1v) is 13.4. The lowest BCUT2D eigenvalue weighted by atomic mass is 9.81. The summed E-state index contributed by atoms with van der Waals surface area (Å²) in [6.45, 7) is 13.6. The lowest BCUT2D eigenvalue weighted by molar-refractivity contribution is -0.0500. The number of nitrogens with one attached hydrogen (secondary N) is 3. The van der Waals surface area contributed by atoms with Crippen molar-refractivity contribution in [2.24, 2.45) is 5.92 Å². The van der Waals surface area contributed by atoms with Crippen LogP contribution in [0.25, 0.3) is 5.65 Å². The average Bonchev–Trinajstić information content (AvgIpc) is 3.18. The van der Waals surface area contributed by atoms with Gasteiger partial charge >= 0.3 is 12.2 Å². The number of hydrogen-bond donors (Lipinski definition) is 3. The number of carbonyl (C=O) groups excluding carboxylic acids is 2. The molecule has 12 heteroatoms. The maximum atomic E-state index is 13.8. The molecule has 10 nitrogen and oxygen atoms in total. The summed E-state index contributed by atoms with van der Waals surface area (Å²) >= 11 is 0. The zero-order valence-corrected chi connectivity index (χ0v) is 23.9. The monoisotopic (exact) mass is 552 g/mol. The molecule has 2 amide bonds. The molecule has 1 aliphatic carbocycles. The van der Waals surface area contributed by atoms with Gasteiger partial charge in [-0.2, -0.15) is 5.10 Å². The van der Waals surface area contributed by atoms with Crippen molar-refractivity contribution in [1.29, 1.82) is 0 Å². The Morgan fingerprint density at radius 3 is 2.26 bits per heavy atom. The minimum atomic E-state index is -2.69. The van der Waals surface area contributed by atoms with Crippen LogP contribution >= 0.6 is 0 Å². The number of aromatic nitrogens is 3. The van der Waals surface area contributed by atoms with Gasteiger partial charge in [-0.15, -0.1) is 0 Å². The predicted molar refractivity (Wildman–Crippen MR) is 143 cm³/mol. The van der Waals surface area contributed by atoms with E-state index in [9.17, 15) is 18.4 Å². The third-order valence-corrected chi connectivity index (χ3v) is 6.16. The van der Waals surface area contributed by atoms with Crippen LogP contribution < -0.4 is 16.0 Å². The Morgan fingerprint density at radius 2 is 1.67 bits per heavy atom. The third kappa shape index (κ3) is 9.90. The van der Waals surface area contributed by atoms with Gasteiger partial charge < -0.3 is 25.4 Å². The van der Waals surface area contributed by atoms with Gasteiger partial charge in [-0.25, -0.2) is 27.9 Å². The van der Waals surface area contributed by atoms with Crippen molar-refractivity contribution < 1.29 is 27.8 Å². The lowest BCUT2D eigenvalue weighted by Gasteiger charge is -2.33. The molecule has 3 N–H and O–H groups in total. The molecule has 2 heterocycles. The van der Waals surface area contributed by atoms with Crippen LogP contribution in [-0.4, -0.2) is 56.5 Å². The molecule has 218 valence electrons. The van der Waals surface area contributed by atoms with E-state index >= 15 is 0 Å². The van der Waals surface area contributed by atoms with Gasteiger partial charge in [0.15, 0.2) is 5.65 Å². The summed E-state index contributed by atoms with van der Waals surface area (Å²) in [5.41, 5.74) is 0.727. The zero-order valence-electron chi connectivity index (χ0n) is 23.9. The number of amides is 2. The van der Waals surface area contributed by atoms with E-state index in [4.69, 9.17) is 14.5 Å². The largest absolute Gasteiger partial charge is 0.444 e. The first-order chi connectivity index (χ1) is 18.0. The fourth-order valence-corrected chi connectivity index (χ4v) is 4.44. The molecule has 0 bridgehead atoms. The second kappa shape index (κ2) is 12.0. The van der Waals surface area contributed by atoms with Crippen molar-refractivity contribution in [2.75, 3.05) is 6.54 Å². The fraction of sp³-hybridized carbons (Fsp3) is 0.704. The number of alkyl halides is 2. The van der Waals surface area contributed by atoms with Gasteiger partial charge in [0.25, 0.3) is 0 Å². The average molecular weight is 553 g/mol. The van der Waals surface area contributed by atoms with E-state index in [1.165, 1.54) is 0 Å². The van der Waals surface area contributed by atoms with E-state index < -0.39 is 35.4 Å². The molecule has 0 saturated heterocycles. The SMILES string of the molecule is C[C@@H](CNCc1cnn2cc([C@@H](NC(=O)OC(C)(C)C)C3CCC(F)(F)CC3)nc2c1)NC(=O)OC(C)(C)C. The Morgan fingerprint density at radius 1 is 1.08 bits per heavy atom. The summed E-state index contributed by atoms with van der Waals surface area (Å²) in [6, 6.07) is 1.13. The fourth-order valence-electron chi connectivity index (χ4n) is 4.44. The highest BCUT2D eigenvalue weighted by Crippen LogP contribution is 2.41. The Balaban J connectivity index is 1.67. The molecular formula is C27H42F2N6O4. The molecule has 1 fully saturated rings. The van der Waals surface area contributed by atoms with E-state index in [2.05, 4.69) is 21.0 Å². The molecule has 0 spiro atoms. The Labute approximate surface area is 228 Å². The number of hydrogen-bond acceptors (Lipinski definition) is 7. The number of alkyl carbamates (subject to hydrolysis) is 2. The molecule has 1 saturated carbocycles. The topological polar surface area (TPSA) is 119 Å². The highest BCUT2D eigenvalue weighted by atomic mass is 19.3. The molecule has 0 radical (unpaired) electrons. The van der Waals surface area contributed by atoms with Crippen LogP contribution in [0.5, 0.6) is 0 Å². The van der Waals surface area contributed by atoms with Crippen molar-refractivity contribution in [3.8, 4) is 0 Å². The minimum Gasteiger partial charge on any atom is -0.444 e. The van der Waals surface area contributed by atoms with E-state index in [0.717, 1.165) is 5.56 Å². The maximum Gasteiger partial charge on any atom is 0.408 e. The standard InChI is InChI=1S/C27H42F2N6O4/c1-17(32-23(36)38-25(2,3)4)13-30-14-18-12-21-33-20(16-35(21)31-15-18)22(34-24(37)39-26(5,6)7)19-8-10-27(28,29)11-9-19/h12,15-17,19,22,30H,8-11,13-14H2,1-7H3,(H,32,36)(H,34,37)/t17-,22-/m0/s1. The predicted octanol–water partition coefficient (Wildman–Crippen LogP) is 5.12. The van der Waals surface area contributed by atoms with Crippen LogP contribution in [0.4, 0.5) is 18.4 Å². The number of nitrogens with zero attached hydrogens (tertiary/aromatic N) is 3. The summed E-state index contributed by atoms with van der Waals surface area (Å²) in [4.78, 5) is 29.2. The van der Waals surface area contributed by atoms with Crippen LogP contribution in [0.1, 0.15) is 91.4 Å². The third-order valence-electron chi connectivity index (χ3n) is 6.16. The molecule has 3 rings (SSSR count). The molecule has 2 aromatic heterocycles. The van der Waals surface area contributed by atoms with Gasteiger partial charge in [0.2, 0.25) is 5.92 Å². The maximum absolute atomic E-state index is 13.8. The number of imidazole rings is 1. The molecule has 1 aliphatic rings. The second-order valence-electron chi connectivity index (χ2n) is 12.3. The highest BCUT2D eigenvalue weighted by Gasteiger charge is 2.39. The molecule has 0 aromatic carbocycles. The molecule has 0 unspecified atom stereocenters. The van der Waals surface area contributed by atoms with Crippen LogP contribution in [0, 0.1) is 5.92 Å². The van der Waals surface area contributed by atoms with Crippen LogP contribution in [0.15, 0.2) is 18.5 Å². The van der Waals surface area contributed by atoms with E-state index in [1.54, 1.807) is 37.7 Å². The Kier molecular flexibility index (Phi) is 9.40. The van der Waals surface area contributed by atoms with E-state index in [-0.39, 0.29) is 37.6 Å². The van der Waals surface area contributed by atoms with Gasteiger partial charge in [0, 0.05) is 32.0 Å². The van der Waals surface area contributed by atoms with Crippen molar-refractivity contribution in [1.82, 2.24) is 30.5 Å². The molecule has 2 aromatic rings. The summed E-state index contributed by atoms with van der Waals surface area (Å²) in [6.07, 6.45) is 2.40. The van der Waals surface area contributed by atoms with Gasteiger partial charge in [-0.05, 0) is 78.9 Å². The van der Waals surface area contributed by atoms with E-state index in [1.807, 2.05) is 33.8 Å². The molecule has 0 aliphatic heterocycles. The summed E-state index contributed by atoms with van der Waals surface area (Å²) in [5, 5.41) is 13.4. The number of rotatable bonds is 8. The highest BCUT2D eigenvalue weighted by molar-refractivity contribution is 5.68. The van der Waals surface area contributed by atoms with Gasteiger partial charge in [0.1, 0.15) is 11.2 Å².